The molecule has 4 rings (SSSR count). The number of para-hydroxylation sites is 1. The average Bonchev–Trinajstić information content (AvgIpc) is 3.18. The van der Waals surface area contributed by atoms with Crippen LogP contribution in [0.25, 0.3) is 5.69 Å². The summed E-state index contributed by atoms with van der Waals surface area (Å²) < 4.78 is 2.17. The number of H-pyrrole nitrogens is 1. The number of nitrogens with zero attached hydrogens (tertiary/aromatic N) is 2. The lowest BCUT2D eigenvalue weighted by atomic mass is 9.99. The molecule has 0 fully saturated rings. The quantitative estimate of drug-likeness (QED) is 0.473. The van der Waals surface area contributed by atoms with Gasteiger partial charge in [0.25, 0.3) is 5.91 Å². The zero-order valence-electron chi connectivity index (χ0n) is 16.6. The van der Waals surface area contributed by atoms with Crippen molar-refractivity contribution in [1.29, 1.82) is 0 Å². The van der Waals surface area contributed by atoms with Gasteiger partial charge in [-0.15, -0.1) is 0 Å². The summed E-state index contributed by atoms with van der Waals surface area (Å²) in [4.78, 5) is 30.0. The highest BCUT2D eigenvalue weighted by Crippen LogP contribution is 2.19. The Morgan fingerprint density at radius 1 is 1.03 bits per heavy atom. The number of carbonyl (C=O) groups excluding carboxylic acids is 2. The van der Waals surface area contributed by atoms with Gasteiger partial charge in [0, 0.05) is 37.9 Å². The number of aromatic amines is 1. The van der Waals surface area contributed by atoms with Crippen molar-refractivity contribution in [2.24, 2.45) is 0 Å². The minimum Gasteiger partial charge on any atom is -0.351 e. The third kappa shape index (κ3) is 4.36. The van der Waals surface area contributed by atoms with Crippen LogP contribution in [0.15, 0.2) is 60.8 Å². The molecule has 1 aliphatic rings. The molecule has 0 spiro atoms. The van der Waals surface area contributed by atoms with E-state index < -0.39 is 0 Å². The van der Waals surface area contributed by atoms with Gasteiger partial charge in [0.05, 0.1) is 0 Å². The first kappa shape index (κ1) is 20.1. The molecule has 2 aromatic carbocycles. The molecule has 0 bridgehead atoms. The Hall–Kier alpha value is -3.19. The lowest BCUT2D eigenvalue weighted by Crippen LogP contribution is -2.36. The number of imidazole rings is 1. The predicted molar refractivity (Wildman–Crippen MR) is 118 cm³/mol. The molecule has 2 N–H and O–H groups in total. The lowest BCUT2D eigenvalue weighted by Gasteiger charge is -2.29. The molecule has 2 amide bonds. The molecule has 0 saturated carbocycles. The Balaban J connectivity index is 1.29. The van der Waals surface area contributed by atoms with Crippen LogP contribution in [0.4, 0.5) is 0 Å². The van der Waals surface area contributed by atoms with Gasteiger partial charge in [0.15, 0.2) is 4.77 Å². The van der Waals surface area contributed by atoms with Crippen LogP contribution < -0.4 is 5.32 Å². The molecule has 7 heteroatoms. The molecule has 1 aromatic heterocycles. The average molecular weight is 421 g/mol. The Morgan fingerprint density at radius 2 is 1.77 bits per heavy atom. The van der Waals surface area contributed by atoms with Crippen molar-refractivity contribution in [3.8, 4) is 5.69 Å². The molecular formula is C23H24N4O2S. The van der Waals surface area contributed by atoms with Crippen molar-refractivity contribution in [2.75, 3.05) is 13.1 Å². The number of hydrogen-bond donors (Lipinski definition) is 2. The summed E-state index contributed by atoms with van der Waals surface area (Å²) in [6.45, 7) is 1.86. The number of amides is 2. The normalized spacial score (nSPS) is 13.0. The molecule has 0 saturated heterocycles. The van der Waals surface area contributed by atoms with Crippen molar-refractivity contribution >= 4 is 24.0 Å². The molecule has 3 aromatic rings. The van der Waals surface area contributed by atoms with Crippen LogP contribution in [0, 0.1) is 4.77 Å². The lowest BCUT2D eigenvalue weighted by molar-refractivity contribution is -0.132. The maximum atomic E-state index is 12.6. The van der Waals surface area contributed by atoms with E-state index in [4.69, 9.17) is 12.2 Å². The molecule has 0 atom stereocenters. The summed E-state index contributed by atoms with van der Waals surface area (Å²) in [6, 6.07) is 17.8. The van der Waals surface area contributed by atoms with E-state index in [0.717, 1.165) is 18.7 Å². The Kier molecular flexibility index (Phi) is 6.09. The highest BCUT2D eigenvalue weighted by molar-refractivity contribution is 7.71. The first-order valence-electron chi connectivity index (χ1n) is 10.1. The van der Waals surface area contributed by atoms with Gasteiger partial charge in [-0.3, -0.25) is 14.2 Å². The summed E-state index contributed by atoms with van der Waals surface area (Å²) >= 11 is 5.32. The van der Waals surface area contributed by atoms with Crippen LogP contribution >= 0.6 is 12.2 Å². The van der Waals surface area contributed by atoms with E-state index in [1.54, 1.807) is 10.8 Å². The second kappa shape index (κ2) is 9.09. The maximum absolute atomic E-state index is 12.6. The van der Waals surface area contributed by atoms with E-state index in [0.29, 0.717) is 36.4 Å². The number of hydrogen-bond acceptors (Lipinski definition) is 3. The van der Waals surface area contributed by atoms with Crippen molar-refractivity contribution in [3.05, 3.63) is 82.4 Å². The monoisotopic (exact) mass is 420 g/mol. The van der Waals surface area contributed by atoms with Gasteiger partial charge in [-0.05, 0) is 48.3 Å². The fourth-order valence-corrected chi connectivity index (χ4v) is 4.03. The molecule has 154 valence electrons. The molecule has 6 nitrogen and oxygen atoms in total. The highest BCUT2D eigenvalue weighted by Gasteiger charge is 2.20. The predicted octanol–water partition coefficient (Wildman–Crippen LogP) is 3.63. The number of nitrogens with one attached hydrogen (secondary N) is 2. The van der Waals surface area contributed by atoms with Crippen LogP contribution in [0.1, 0.15) is 34.5 Å². The van der Waals surface area contributed by atoms with Gasteiger partial charge < -0.3 is 15.2 Å². The zero-order valence-corrected chi connectivity index (χ0v) is 17.5. The Labute approximate surface area is 180 Å². The van der Waals surface area contributed by atoms with E-state index in [-0.39, 0.29) is 11.8 Å². The molecular weight excluding hydrogens is 396 g/mol. The van der Waals surface area contributed by atoms with Gasteiger partial charge in [0.1, 0.15) is 5.69 Å². The van der Waals surface area contributed by atoms with Crippen molar-refractivity contribution < 1.29 is 9.59 Å². The van der Waals surface area contributed by atoms with E-state index in [2.05, 4.69) is 22.4 Å². The van der Waals surface area contributed by atoms with Crippen LogP contribution in [-0.2, 0) is 17.8 Å². The molecule has 0 unspecified atom stereocenters. The third-order valence-corrected chi connectivity index (χ3v) is 5.66. The third-order valence-electron chi connectivity index (χ3n) is 5.36. The number of benzene rings is 2. The smallest absolute Gasteiger partial charge is 0.269 e. The summed E-state index contributed by atoms with van der Waals surface area (Å²) in [5.74, 6) is -0.0851. The summed E-state index contributed by atoms with van der Waals surface area (Å²) in [7, 11) is 0. The van der Waals surface area contributed by atoms with Crippen molar-refractivity contribution in [3.63, 3.8) is 0 Å². The van der Waals surface area contributed by atoms with Gasteiger partial charge in [0.2, 0.25) is 5.91 Å². The summed E-state index contributed by atoms with van der Waals surface area (Å²) in [5.41, 5.74) is 3.83. The first-order chi connectivity index (χ1) is 14.6. The van der Waals surface area contributed by atoms with Crippen LogP contribution in [-0.4, -0.2) is 39.4 Å². The standard InChI is InChI=1S/C23H24N4O2S/c28-21(26-14-12-17-7-4-5-8-18(17)16-26)11-6-13-24-22(29)20-15-25-23(30)27(20)19-9-2-1-3-10-19/h1-5,7-10,15H,6,11-14,16H2,(H,24,29)(H,25,30). The summed E-state index contributed by atoms with van der Waals surface area (Å²) in [5, 5.41) is 2.90. The van der Waals surface area contributed by atoms with Crippen molar-refractivity contribution in [1.82, 2.24) is 19.8 Å². The van der Waals surface area contributed by atoms with Crippen LogP contribution in [0.3, 0.4) is 0 Å². The maximum Gasteiger partial charge on any atom is 0.269 e. The fraction of sp³-hybridized carbons (Fsp3) is 0.261. The first-order valence-corrected chi connectivity index (χ1v) is 10.5. The number of aromatic nitrogens is 2. The minimum absolute atomic E-state index is 0.132. The minimum atomic E-state index is -0.217. The Morgan fingerprint density at radius 3 is 2.57 bits per heavy atom. The number of carbonyl (C=O) groups is 2. The second-order valence-electron chi connectivity index (χ2n) is 7.34. The largest absolute Gasteiger partial charge is 0.351 e. The second-order valence-corrected chi connectivity index (χ2v) is 7.73. The van der Waals surface area contributed by atoms with Crippen molar-refractivity contribution in [2.45, 2.75) is 25.8 Å². The highest BCUT2D eigenvalue weighted by atomic mass is 32.1. The molecule has 0 aliphatic carbocycles. The molecule has 1 aliphatic heterocycles. The van der Waals surface area contributed by atoms with Gasteiger partial charge >= 0.3 is 0 Å². The SMILES string of the molecule is O=C(NCCCC(=O)N1CCc2ccccc2C1)c1c[nH]c(=S)n1-c1ccccc1. The summed E-state index contributed by atoms with van der Waals surface area (Å²) in [6.07, 6.45) is 3.52. The van der Waals surface area contributed by atoms with Crippen LogP contribution in [0.2, 0.25) is 0 Å². The molecule has 2 heterocycles. The van der Waals surface area contributed by atoms with E-state index in [1.165, 1.54) is 11.1 Å². The zero-order chi connectivity index (χ0) is 20.9. The van der Waals surface area contributed by atoms with Crippen LogP contribution in [0.5, 0.6) is 0 Å². The van der Waals surface area contributed by atoms with Gasteiger partial charge in [-0.2, -0.15) is 0 Å². The van der Waals surface area contributed by atoms with E-state index >= 15 is 0 Å². The fourth-order valence-electron chi connectivity index (χ4n) is 3.77. The van der Waals surface area contributed by atoms with E-state index in [1.807, 2.05) is 47.4 Å². The Bertz CT molecular complexity index is 1100. The number of rotatable bonds is 6. The van der Waals surface area contributed by atoms with Gasteiger partial charge in [-0.25, -0.2) is 0 Å². The topological polar surface area (TPSA) is 70.1 Å². The molecule has 0 radical (unpaired) electrons. The van der Waals surface area contributed by atoms with E-state index in [9.17, 15) is 9.59 Å². The molecule has 30 heavy (non-hydrogen) atoms. The van der Waals surface area contributed by atoms with Gasteiger partial charge in [-0.1, -0.05) is 42.5 Å². The number of fused-ring (bicyclic) bond motifs is 1.